The molecule has 0 saturated carbocycles. The summed E-state index contributed by atoms with van der Waals surface area (Å²) in [4.78, 5) is -0.245. The third-order valence-electron chi connectivity index (χ3n) is 1.65. The molecule has 0 aliphatic heterocycles. The molecule has 1 rings (SSSR count). The van der Waals surface area contributed by atoms with Crippen LogP contribution in [0.2, 0.25) is 0 Å². The van der Waals surface area contributed by atoms with E-state index in [0.29, 0.717) is 0 Å². The molecular weight excluding hydrogens is 192 g/mol. The number of aliphatic hydroxyl groups excluding tert-OH is 1. The molecule has 1 unspecified atom stereocenters. The second-order valence-corrected chi connectivity index (χ2v) is 4.08. The van der Waals surface area contributed by atoms with Crippen LogP contribution in [-0.2, 0) is 10.1 Å². The number of rotatable bonds is 2. The summed E-state index contributed by atoms with van der Waals surface area (Å²) in [7, 11) is -4.24. The van der Waals surface area contributed by atoms with Gasteiger partial charge in [0, 0.05) is 5.56 Å². The van der Waals surface area contributed by atoms with Gasteiger partial charge >= 0.3 is 0 Å². The van der Waals surface area contributed by atoms with Crippen molar-refractivity contribution in [3.8, 4) is 0 Å². The molecule has 0 amide bonds. The van der Waals surface area contributed by atoms with E-state index in [1.165, 1.54) is 25.1 Å². The van der Waals surface area contributed by atoms with Gasteiger partial charge in [0.15, 0.2) is 0 Å². The lowest BCUT2D eigenvalue weighted by molar-refractivity contribution is 0.195. The first-order chi connectivity index (χ1) is 5.93. The lowest BCUT2D eigenvalue weighted by Gasteiger charge is -2.08. The van der Waals surface area contributed by atoms with E-state index in [0.717, 1.165) is 0 Å². The molecule has 0 heterocycles. The van der Waals surface area contributed by atoms with Crippen molar-refractivity contribution in [2.45, 2.75) is 17.9 Å². The van der Waals surface area contributed by atoms with Crippen LogP contribution in [0.3, 0.4) is 0 Å². The molecule has 0 fully saturated rings. The fourth-order valence-electron chi connectivity index (χ4n) is 1.06. The highest BCUT2D eigenvalue weighted by molar-refractivity contribution is 7.85. The molecule has 0 aliphatic rings. The standard InChI is InChI=1S/C8H10O4S/c1-6(9)7-4-2-3-5-8(7)13(10,11)12/h2-6,9H,1H3,(H,10,11,12). The smallest absolute Gasteiger partial charge is 0.294 e. The molecule has 0 saturated heterocycles. The monoisotopic (exact) mass is 202 g/mol. The zero-order valence-corrected chi connectivity index (χ0v) is 7.82. The lowest BCUT2D eigenvalue weighted by Crippen LogP contribution is -2.04. The van der Waals surface area contributed by atoms with Gasteiger partial charge in [-0.2, -0.15) is 8.42 Å². The van der Waals surface area contributed by atoms with Gasteiger partial charge < -0.3 is 5.11 Å². The van der Waals surface area contributed by atoms with Crippen molar-refractivity contribution in [2.24, 2.45) is 0 Å². The van der Waals surface area contributed by atoms with E-state index in [2.05, 4.69) is 0 Å². The third kappa shape index (κ3) is 2.27. The van der Waals surface area contributed by atoms with Gasteiger partial charge in [0.1, 0.15) is 0 Å². The van der Waals surface area contributed by atoms with Crippen LogP contribution < -0.4 is 0 Å². The van der Waals surface area contributed by atoms with Crippen molar-refractivity contribution >= 4 is 10.1 Å². The van der Waals surface area contributed by atoms with E-state index in [-0.39, 0.29) is 10.5 Å². The lowest BCUT2D eigenvalue weighted by atomic mass is 10.1. The Bertz CT molecular complexity index is 394. The van der Waals surface area contributed by atoms with E-state index in [1.807, 2.05) is 0 Å². The molecule has 4 nitrogen and oxygen atoms in total. The molecule has 0 aliphatic carbocycles. The molecule has 1 aromatic carbocycles. The van der Waals surface area contributed by atoms with Crippen LogP contribution in [0.1, 0.15) is 18.6 Å². The van der Waals surface area contributed by atoms with Crippen molar-refractivity contribution in [3.05, 3.63) is 29.8 Å². The average Bonchev–Trinajstić information content (AvgIpc) is 2.03. The summed E-state index contributed by atoms with van der Waals surface area (Å²) in [6.07, 6.45) is -0.918. The molecule has 0 bridgehead atoms. The second-order valence-electron chi connectivity index (χ2n) is 2.69. The molecule has 13 heavy (non-hydrogen) atoms. The van der Waals surface area contributed by atoms with Crippen LogP contribution in [0.4, 0.5) is 0 Å². The Labute approximate surface area is 76.6 Å². The van der Waals surface area contributed by atoms with Gasteiger partial charge in [-0.25, -0.2) is 0 Å². The Balaban J connectivity index is 3.37. The molecule has 1 atom stereocenters. The second kappa shape index (κ2) is 3.45. The van der Waals surface area contributed by atoms with Gasteiger partial charge in [-0.05, 0) is 13.0 Å². The van der Waals surface area contributed by atoms with Crippen LogP contribution in [-0.4, -0.2) is 18.1 Å². The van der Waals surface area contributed by atoms with Crippen LogP contribution in [0, 0.1) is 0 Å². The largest absolute Gasteiger partial charge is 0.389 e. The minimum atomic E-state index is -4.24. The fraction of sp³-hybridized carbons (Fsp3) is 0.250. The van der Waals surface area contributed by atoms with Crippen molar-refractivity contribution in [1.29, 1.82) is 0 Å². The SMILES string of the molecule is CC(O)c1ccccc1S(=O)(=O)O. The summed E-state index contributed by atoms with van der Waals surface area (Å²) >= 11 is 0. The average molecular weight is 202 g/mol. The maximum atomic E-state index is 10.8. The van der Waals surface area contributed by atoms with Crippen molar-refractivity contribution in [3.63, 3.8) is 0 Å². The first-order valence-corrected chi connectivity index (χ1v) is 5.11. The Morgan fingerprint density at radius 1 is 1.31 bits per heavy atom. The zero-order chi connectivity index (χ0) is 10.1. The summed E-state index contributed by atoms with van der Waals surface area (Å²) in [6.45, 7) is 1.43. The minimum absolute atomic E-state index is 0.199. The van der Waals surface area contributed by atoms with Crippen LogP contribution >= 0.6 is 0 Å². The Morgan fingerprint density at radius 3 is 2.23 bits per heavy atom. The Kier molecular flexibility index (Phi) is 2.70. The van der Waals surface area contributed by atoms with E-state index in [4.69, 9.17) is 4.55 Å². The fourth-order valence-corrected chi connectivity index (χ4v) is 1.85. The highest BCUT2D eigenvalue weighted by atomic mass is 32.2. The molecule has 72 valence electrons. The maximum absolute atomic E-state index is 10.8. The molecule has 5 heteroatoms. The summed E-state index contributed by atoms with van der Waals surface area (Å²) in [5.74, 6) is 0. The quantitative estimate of drug-likeness (QED) is 0.701. The molecule has 0 radical (unpaired) electrons. The predicted molar refractivity (Wildman–Crippen MR) is 46.9 cm³/mol. The van der Waals surface area contributed by atoms with E-state index >= 15 is 0 Å². The van der Waals surface area contributed by atoms with Crippen LogP contribution in [0.25, 0.3) is 0 Å². The maximum Gasteiger partial charge on any atom is 0.294 e. The molecule has 0 spiro atoms. The highest BCUT2D eigenvalue weighted by Crippen LogP contribution is 2.21. The number of benzene rings is 1. The normalized spacial score (nSPS) is 14.1. The number of hydrogen-bond acceptors (Lipinski definition) is 3. The Hall–Kier alpha value is -0.910. The summed E-state index contributed by atoms with van der Waals surface area (Å²) in [5.41, 5.74) is 0.199. The van der Waals surface area contributed by atoms with Gasteiger partial charge in [-0.15, -0.1) is 0 Å². The van der Waals surface area contributed by atoms with E-state index in [1.54, 1.807) is 6.07 Å². The Morgan fingerprint density at radius 2 is 1.85 bits per heavy atom. The highest BCUT2D eigenvalue weighted by Gasteiger charge is 2.16. The number of hydrogen-bond donors (Lipinski definition) is 2. The van der Waals surface area contributed by atoms with Crippen LogP contribution in [0.15, 0.2) is 29.2 Å². The van der Waals surface area contributed by atoms with Gasteiger partial charge in [0.25, 0.3) is 10.1 Å². The van der Waals surface area contributed by atoms with Gasteiger partial charge in [-0.3, -0.25) is 4.55 Å². The van der Waals surface area contributed by atoms with Crippen molar-refractivity contribution < 1.29 is 18.1 Å². The molecule has 2 N–H and O–H groups in total. The minimum Gasteiger partial charge on any atom is -0.389 e. The van der Waals surface area contributed by atoms with Crippen LogP contribution in [0.5, 0.6) is 0 Å². The van der Waals surface area contributed by atoms with Crippen molar-refractivity contribution in [2.75, 3.05) is 0 Å². The van der Waals surface area contributed by atoms with E-state index in [9.17, 15) is 13.5 Å². The van der Waals surface area contributed by atoms with Gasteiger partial charge in [0.2, 0.25) is 0 Å². The summed E-state index contributed by atoms with van der Waals surface area (Å²) < 4.78 is 30.4. The van der Waals surface area contributed by atoms with Crippen molar-refractivity contribution in [1.82, 2.24) is 0 Å². The molecular formula is C8H10O4S. The topological polar surface area (TPSA) is 74.6 Å². The third-order valence-corrected chi connectivity index (χ3v) is 2.57. The summed E-state index contributed by atoms with van der Waals surface area (Å²) in [5, 5.41) is 9.19. The predicted octanol–water partition coefficient (Wildman–Crippen LogP) is 0.987. The van der Waals surface area contributed by atoms with Gasteiger partial charge in [-0.1, -0.05) is 18.2 Å². The number of aliphatic hydroxyl groups is 1. The first-order valence-electron chi connectivity index (χ1n) is 3.67. The van der Waals surface area contributed by atoms with E-state index < -0.39 is 16.2 Å². The summed E-state index contributed by atoms with van der Waals surface area (Å²) in [6, 6.07) is 5.77. The molecule has 0 aromatic heterocycles. The van der Waals surface area contributed by atoms with Gasteiger partial charge in [0.05, 0.1) is 11.0 Å². The zero-order valence-electron chi connectivity index (χ0n) is 7.01. The first kappa shape index (κ1) is 10.2. The molecule has 1 aromatic rings.